The first-order valence-corrected chi connectivity index (χ1v) is 6.43. The van der Waals surface area contributed by atoms with Gasteiger partial charge in [0.05, 0.1) is 0 Å². The Kier molecular flexibility index (Phi) is 6.15. The largest absolute Gasteiger partial charge is 0.351 e. The Morgan fingerprint density at radius 1 is 1.41 bits per heavy atom. The van der Waals surface area contributed by atoms with Gasteiger partial charge >= 0.3 is 0 Å². The van der Waals surface area contributed by atoms with E-state index in [1.54, 1.807) is 12.3 Å². The molecule has 1 amide bonds. The van der Waals surface area contributed by atoms with Crippen LogP contribution in [0.1, 0.15) is 23.3 Å². The molecule has 4 nitrogen and oxygen atoms in total. The van der Waals surface area contributed by atoms with Crippen molar-refractivity contribution < 1.29 is 4.79 Å². The SMILES string of the molecule is CN(C)CCCCNC(=O)c1ccc(Br)cn1. The number of aromatic nitrogens is 1. The number of halogens is 1. The number of hydrogen-bond acceptors (Lipinski definition) is 3. The molecular weight excluding hydrogens is 282 g/mol. The summed E-state index contributed by atoms with van der Waals surface area (Å²) in [5.41, 5.74) is 0.459. The predicted octanol–water partition coefficient (Wildman–Crippen LogP) is 1.92. The second-order valence-corrected chi connectivity index (χ2v) is 5.04. The Hall–Kier alpha value is -0.940. The minimum absolute atomic E-state index is 0.109. The number of hydrogen-bond donors (Lipinski definition) is 1. The minimum Gasteiger partial charge on any atom is -0.351 e. The first-order valence-electron chi connectivity index (χ1n) is 5.64. The molecule has 0 atom stereocenters. The molecule has 1 aromatic heterocycles. The summed E-state index contributed by atoms with van der Waals surface area (Å²) in [6, 6.07) is 3.52. The lowest BCUT2D eigenvalue weighted by atomic mass is 10.3. The van der Waals surface area contributed by atoms with Gasteiger partial charge in [-0.3, -0.25) is 4.79 Å². The van der Waals surface area contributed by atoms with E-state index in [0.29, 0.717) is 12.2 Å². The summed E-state index contributed by atoms with van der Waals surface area (Å²) in [4.78, 5) is 17.8. The zero-order valence-electron chi connectivity index (χ0n) is 10.2. The summed E-state index contributed by atoms with van der Waals surface area (Å²) in [5.74, 6) is -0.109. The summed E-state index contributed by atoms with van der Waals surface area (Å²) in [5, 5.41) is 2.86. The highest BCUT2D eigenvalue weighted by Crippen LogP contribution is 2.07. The monoisotopic (exact) mass is 299 g/mol. The van der Waals surface area contributed by atoms with Gasteiger partial charge in [-0.2, -0.15) is 0 Å². The van der Waals surface area contributed by atoms with E-state index in [9.17, 15) is 4.79 Å². The number of pyridine rings is 1. The average molecular weight is 300 g/mol. The van der Waals surface area contributed by atoms with Gasteiger partial charge in [0.25, 0.3) is 5.91 Å². The van der Waals surface area contributed by atoms with Gasteiger partial charge in [-0.25, -0.2) is 4.98 Å². The second-order valence-electron chi connectivity index (χ2n) is 4.13. The predicted molar refractivity (Wildman–Crippen MR) is 72.1 cm³/mol. The van der Waals surface area contributed by atoms with Crippen molar-refractivity contribution in [3.8, 4) is 0 Å². The molecule has 0 aliphatic carbocycles. The molecule has 94 valence electrons. The molecule has 0 spiro atoms. The van der Waals surface area contributed by atoms with Gasteiger partial charge < -0.3 is 10.2 Å². The van der Waals surface area contributed by atoms with Crippen molar-refractivity contribution >= 4 is 21.8 Å². The molecule has 17 heavy (non-hydrogen) atoms. The van der Waals surface area contributed by atoms with Crippen molar-refractivity contribution in [3.63, 3.8) is 0 Å². The number of nitrogens with one attached hydrogen (secondary N) is 1. The molecule has 0 aliphatic rings. The third-order valence-corrected chi connectivity index (χ3v) is 2.75. The lowest BCUT2D eigenvalue weighted by Crippen LogP contribution is -2.26. The summed E-state index contributed by atoms with van der Waals surface area (Å²) in [6.07, 6.45) is 3.70. The van der Waals surface area contributed by atoms with Crippen LogP contribution in [-0.2, 0) is 0 Å². The fourth-order valence-electron chi connectivity index (χ4n) is 1.36. The Morgan fingerprint density at radius 2 is 2.18 bits per heavy atom. The van der Waals surface area contributed by atoms with Crippen molar-refractivity contribution in [1.82, 2.24) is 15.2 Å². The molecule has 0 radical (unpaired) electrons. The van der Waals surface area contributed by atoms with E-state index in [1.807, 2.05) is 20.2 Å². The van der Waals surface area contributed by atoms with Gasteiger partial charge in [0.15, 0.2) is 0 Å². The number of carbonyl (C=O) groups is 1. The van der Waals surface area contributed by atoms with E-state index in [1.165, 1.54) is 0 Å². The molecule has 0 saturated heterocycles. The van der Waals surface area contributed by atoms with Gasteiger partial charge in [0.1, 0.15) is 5.69 Å². The Balaban J connectivity index is 2.23. The van der Waals surface area contributed by atoms with E-state index in [0.717, 1.165) is 23.9 Å². The van der Waals surface area contributed by atoms with Crippen molar-refractivity contribution in [2.45, 2.75) is 12.8 Å². The van der Waals surface area contributed by atoms with Crippen molar-refractivity contribution in [1.29, 1.82) is 0 Å². The molecule has 0 fully saturated rings. The first-order chi connectivity index (χ1) is 8.09. The molecule has 0 unspecified atom stereocenters. The first kappa shape index (κ1) is 14.1. The highest BCUT2D eigenvalue weighted by atomic mass is 79.9. The van der Waals surface area contributed by atoms with E-state index >= 15 is 0 Å². The highest BCUT2D eigenvalue weighted by Gasteiger charge is 2.05. The maximum atomic E-state index is 11.7. The number of amides is 1. The fourth-order valence-corrected chi connectivity index (χ4v) is 1.59. The van der Waals surface area contributed by atoms with Crippen molar-refractivity contribution in [2.24, 2.45) is 0 Å². The third-order valence-electron chi connectivity index (χ3n) is 2.28. The van der Waals surface area contributed by atoms with Gasteiger partial charge in [-0.1, -0.05) is 0 Å². The van der Waals surface area contributed by atoms with E-state index < -0.39 is 0 Å². The topological polar surface area (TPSA) is 45.2 Å². The minimum atomic E-state index is -0.109. The summed E-state index contributed by atoms with van der Waals surface area (Å²) < 4.78 is 0.875. The van der Waals surface area contributed by atoms with Crippen LogP contribution in [0.2, 0.25) is 0 Å². The Morgan fingerprint density at radius 3 is 2.76 bits per heavy atom. The van der Waals surface area contributed by atoms with Crippen LogP contribution in [0.4, 0.5) is 0 Å². The summed E-state index contributed by atoms with van der Waals surface area (Å²) in [6.45, 7) is 1.75. The van der Waals surface area contributed by atoms with Gasteiger partial charge in [0.2, 0.25) is 0 Å². The lowest BCUT2D eigenvalue weighted by Gasteiger charge is -2.09. The Bertz CT molecular complexity index is 351. The smallest absolute Gasteiger partial charge is 0.269 e. The Labute approximate surface area is 111 Å². The maximum Gasteiger partial charge on any atom is 0.269 e. The van der Waals surface area contributed by atoms with Crippen LogP contribution < -0.4 is 5.32 Å². The maximum absolute atomic E-state index is 11.7. The molecule has 5 heteroatoms. The molecule has 1 N–H and O–H groups in total. The van der Waals surface area contributed by atoms with Gasteiger partial charge in [-0.15, -0.1) is 0 Å². The van der Waals surface area contributed by atoms with E-state index in [-0.39, 0.29) is 5.91 Å². The number of nitrogens with zero attached hydrogens (tertiary/aromatic N) is 2. The van der Waals surface area contributed by atoms with Crippen LogP contribution in [0.25, 0.3) is 0 Å². The molecule has 0 aromatic carbocycles. The standard InChI is InChI=1S/C12H18BrN3O/c1-16(2)8-4-3-7-14-12(17)11-6-5-10(13)9-15-11/h5-6,9H,3-4,7-8H2,1-2H3,(H,14,17). The van der Waals surface area contributed by atoms with Crippen LogP contribution >= 0.6 is 15.9 Å². The molecule has 0 aliphatic heterocycles. The lowest BCUT2D eigenvalue weighted by molar-refractivity contribution is 0.0948. The molecule has 0 saturated carbocycles. The van der Waals surface area contributed by atoms with Gasteiger partial charge in [-0.05, 0) is 61.5 Å². The quantitative estimate of drug-likeness (QED) is 0.816. The zero-order valence-corrected chi connectivity index (χ0v) is 11.8. The normalized spacial score (nSPS) is 10.6. The van der Waals surface area contributed by atoms with Crippen LogP contribution in [0.15, 0.2) is 22.8 Å². The zero-order chi connectivity index (χ0) is 12.7. The number of rotatable bonds is 6. The van der Waals surface area contributed by atoms with E-state index in [2.05, 4.69) is 31.1 Å². The summed E-state index contributed by atoms with van der Waals surface area (Å²) in [7, 11) is 4.09. The van der Waals surface area contributed by atoms with Crippen LogP contribution in [0, 0.1) is 0 Å². The van der Waals surface area contributed by atoms with Crippen molar-refractivity contribution in [2.75, 3.05) is 27.2 Å². The van der Waals surface area contributed by atoms with Crippen LogP contribution in [0.3, 0.4) is 0 Å². The van der Waals surface area contributed by atoms with Crippen LogP contribution in [0.5, 0.6) is 0 Å². The van der Waals surface area contributed by atoms with E-state index in [4.69, 9.17) is 0 Å². The average Bonchev–Trinajstić information content (AvgIpc) is 2.29. The van der Waals surface area contributed by atoms with Gasteiger partial charge in [0, 0.05) is 17.2 Å². The number of unbranched alkanes of at least 4 members (excludes halogenated alkanes) is 1. The third kappa shape index (κ3) is 5.79. The molecule has 1 rings (SSSR count). The molecule has 0 bridgehead atoms. The molecule has 1 heterocycles. The van der Waals surface area contributed by atoms with Crippen LogP contribution in [-0.4, -0.2) is 43.0 Å². The summed E-state index contributed by atoms with van der Waals surface area (Å²) >= 11 is 3.28. The highest BCUT2D eigenvalue weighted by molar-refractivity contribution is 9.10. The van der Waals surface area contributed by atoms with Crippen molar-refractivity contribution in [3.05, 3.63) is 28.5 Å². The molecular formula is C12H18BrN3O. The molecule has 1 aromatic rings. The number of carbonyl (C=O) groups excluding carboxylic acids is 1. The fraction of sp³-hybridized carbons (Fsp3) is 0.500. The second kappa shape index (κ2) is 7.40.